The number of esters is 3. The minimum absolute atomic E-state index is 0.0633. The number of ether oxygens (including phenoxy) is 3. The monoisotopic (exact) mass is 723 g/mol. The van der Waals surface area contributed by atoms with E-state index in [1.165, 1.54) is 154 Å². The highest BCUT2D eigenvalue weighted by Crippen LogP contribution is 2.16. The molecule has 0 aliphatic heterocycles. The minimum Gasteiger partial charge on any atom is -0.462 e. The van der Waals surface area contributed by atoms with Gasteiger partial charge in [0, 0.05) is 19.3 Å². The number of rotatable bonds is 41. The van der Waals surface area contributed by atoms with Gasteiger partial charge in [-0.3, -0.25) is 14.4 Å². The van der Waals surface area contributed by atoms with Crippen LogP contribution in [0.3, 0.4) is 0 Å². The molecule has 6 heteroatoms. The van der Waals surface area contributed by atoms with Gasteiger partial charge in [0.1, 0.15) is 13.2 Å². The lowest BCUT2D eigenvalue weighted by Crippen LogP contribution is -2.30. The summed E-state index contributed by atoms with van der Waals surface area (Å²) in [5, 5.41) is 0. The van der Waals surface area contributed by atoms with Crippen LogP contribution in [0.1, 0.15) is 252 Å². The third-order valence-corrected chi connectivity index (χ3v) is 10.1. The molecule has 0 N–H and O–H groups in total. The quantitative estimate of drug-likeness (QED) is 0.0355. The molecule has 0 amide bonds. The first kappa shape index (κ1) is 49.4. The Morgan fingerprint density at radius 2 is 0.529 bits per heavy atom. The van der Waals surface area contributed by atoms with E-state index in [0.717, 1.165) is 57.8 Å². The second-order valence-corrected chi connectivity index (χ2v) is 15.3. The normalized spacial score (nSPS) is 11.8. The van der Waals surface area contributed by atoms with Gasteiger partial charge in [0.05, 0.1) is 0 Å². The zero-order valence-corrected chi connectivity index (χ0v) is 34.4. The standard InChI is InChI=1S/C45H86O6/c1-4-7-10-13-16-18-20-21-22-23-24-25-27-29-32-35-38-44(47)50-41-42(40-49-43(46)37-34-31-28-15-12-9-6-3)51-45(48)39-36-33-30-26-19-17-14-11-8-5-2/h42H,4-41H2,1-3H3. The van der Waals surface area contributed by atoms with Crippen molar-refractivity contribution in [2.75, 3.05) is 13.2 Å². The van der Waals surface area contributed by atoms with Crippen LogP contribution < -0.4 is 0 Å². The smallest absolute Gasteiger partial charge is 0.306 e. The van der Waals surface area contributed by atoms with Crippen molar-refractivity contribution in [2.24, 2.45) is 0 Å². The molecule has 0 heterocycles. The van der Waals surface area contributed by atoms with E-state index in [2.05, 4.69) is 20.8 Å². The second kappa shape index (κ2) is 41.2. The molecule has 0 aliphatic carbocycles. The summed E-state index contributed by atoms with van der Waals surface area (Å²) >= 11 is 0. The van der Waals surface area contributed by atoms with Crippen molar-refractivity contribution >= 4 is 17.9 Å². The molecule has 0 spiro atoms. The van der Waals surface area contributed by atoms with Crippen molar-refractivity contribution in [1.29, 1.82) is 0 Å². The van der Waals surface area contributed by atoms with Gasteiger partial charge in [0.15, 0.2) is 6.10 Å². The summed E-state index contributed by atoms with van der Waals surface area (Å²) in [5.41, 5.74) is 0. The van der Waals surface area contributed by atoms with Crippen molar-refractivity contribution in [2.45, 2.75) is 258 Å². The summed E-state index contributed by atoms with van der Waals surface area (Å²) in [6.07, 6.45) is 41.0. The topological polar surface area (TPSA) is 78.9 Å². The molecule has 0 aromatic heterocycles. The zero-order chi connectivity index (χ0) is 37.3. The maximum absolute atomic E-state index is 12.6. The van der Waals surface area contributed by atoms with Crippen molar-refractivity contribution in [3.8, 4) is 0 Å². The summed E-state index contributed by atoms with van der Waals surface area (Å²) < 4.78 is 16.6. The van der Waals surface area contributed by atoms with Crippen LogP contribution in [0.2, 0.25) is 0 Å². The molecule has 0 saturated carbocycles. The number of hydrogen-bond donors (Lipinski definition) is 0. The molecule has 1 atom stereocenters. The Kier molecular flexibility index (Phi) is 39.9. The van der Waals surface area contributed by atoms with Crippen LogP contribution >= 0.6 is 0 Å². The minimum atomic E-state index is -0.756. The SMILES string of the molecule is CCCCCCCCCCCCCCCCCCC(=O)OCC(COC(=O)CCCCCCCCC)OC(=O)CCCCCCCCCCCC. The van der Waals surface area contributed by atoms with Gasteiger partial charge in [0.2, 0.25) is 0 Å². The van der Waals surface area contributed by atoms with Crippen molar-refractivity contribution < 1.29 is 28.6 Å². The van der Waals surface area contributed by atoms with Crippen LogP contribution in [0.4, 0.5) is 0 Å². The number of unbranched alkanes of at least 4 members (excludes halogenated alkanes) is 30. The summed E-state index contributed by atoms with van der Waals surface area (Å²) in [7, 11) is 0. The molecule has 51 heavy (non-hydrogen) atoms. The zero-order valence-electron chi connectivity index (χ0n) is 34.4. The van der Waals surface area contributed by atoms with Crippen LogP contribution in [0, 0.1) is 0 Å². The van der Waals surface area contributed by atoms with Crippen LogP contribution in [0.25, 0.3) is 0 Å². The average molecular weight is 723 g/mol. The Morgan fingerprint density at radius 1 is 0.314 bits per heavy atom. The molecule has 0 aromatic carbocycles. The average Bonchev–Trinajstić information content (AvgIpc) is 3.12. The van der Waals surface area contributed by atoms with Crippen molar-refractivity contribution in [3.05, 3.63) is 0 Å². The Labute approximate surface area is 317 Å². The molecule has 6 nitrogen and oxygen atoms in total. The van der Waals surface area contributed by atoms with Gasteiger partial charge in [-0.15, -0.1) is 0 Å². The lowest BCUT2D eigenvalue weighted by atomic mass is 10.0. The summed E-state index contributed by atoms with van der Waals surface area (Å²) in [4.78, 5) is 37.5. The highest BCUT2D eigenvalue weighted by molar-refractivity contribution is 5.71. The van der Waals surface area contributed by atoms with Crippen LogP contribution in [-0.4, -0.2) is 37.2 Å². The van der Waals surface area contributed by atoms with Gasteiger partial charge in [-0.25, -0.2) is 0 Å². The summed E-state index contributed by atoms with van der Waals surface area (Å²) in [6, 6.07) is 0. The van der Waals surface area contributed by atoms with Crippen molar-refractivity contribution in [1.82, 2.24) is 0 Å². The molecule has 0 fully saturated rings. The molecule has 0 rings (SSSR count). The first-order chi connectivity index (χ1) is 25.0. The lowest BCUT2D eigenvalue weighted by molar-refractivity contribution is -0.167. The van der Waals surface area contributed by atoms with Gasteiger partial charge in [-0.2, -0.15) is 0 Å². The fraction of sp³-hybridized carbons (Fsp3) is 0.933. The van der Waals surface area contributed by atoms with E-state index in [1.807, 2.05) is 0 Å². The second-order valence-electron chi connectivity index (χ2n) is 15.3. The fourth-order valence-corrected chi connectivity index (χ4v) is 6.68. The molecule has 302 valence electrons. The van der Waals surface area contributed by atoms with E-state index in [4.69, 9.17) is 14.2 Å². The molecule has 0 bridgehead atoms. The lowest BCUT2D eigenvalue weighted by Gasteiger charge is -2.18. The maximum Gasteiger partial charge on any atom is 0.306 e. The molecule has 0 saturated heterocycles. The summed E-state index contributed by atoms with van der Waals surface area (Å²) in [5.74, 6) is -0.860. The molecule has 0 aliphatic rings. The van der Waals surface area contributed by atoms with E-state index in [1.54, 1.807) is 0 Å². The largest absolute Gasteiger partial charge is 0.462 e. The van der Waals surface area contributed by atoms with E-state index >= 15 is 0 Å². The number of carbonyl (C=O) groups is 3. The predicted octanol–water partition coefficient (Wildman–Crippen LogP) is 14.1. The van der Waals surface area contributed by atoms with Crippen LogP contribution in [0.5, 0.6) is 0 Å². The Morgan fingerprint density at radius 3 is 0.784 bits per heavy atom. The molecule has 0 aromatic rings. The van der Waals surface area contributed by atoms with Gasteiger partial charge in [-0.05, 0) is 19.3 Å². The first-order valence-electron chi connectivity index (χ1n) is 22.5. The third kappa shape index (κ3) is 39.5. The molecule has 1 unspecified atom stereocenters. The highest BCUT2D eigenvalue weighted by Gasteiger charge is 2.19. The van der Waals surface area contributed by atoms with Crippen molar-refractivity contribution in [3.63, 3.8) is 0 Å². The van der Waals surface area contributed by atoms with Gasteiger partial charge in [0.25, 0.3) is 0 Å². The third-order valence-electron chi connectivity index (χ3n) is 10.1. The fourth-order valence-electron chi connectivity index (χ4n) is 6.68. The Hall–Kier alpha value is -1.59. The molecular weight excluding hydrogens is 636 g/mol. The van der Waals surface area contributed by atoms with E-state index in [-0.39, 0.29) is 31.1 Å². The van der Waals surface area contributed by atoms with E-state index < -0.39 is 6.10 Å². The van der Waals surface area contributed by atoms with E-state index in [9.17, 15) is 14.4 Å². The first-order valence-corrected chi connectivity index (χ1v) is 22.5. The molecular formula is C45H86O6. The van der Waals surface area contributed by atoms with Gasteiger partial charge >= 0.3 is 17.9 Å². The van der Waals surface area contributed by atoms with Crippen LogP contribution in [-0.2, 0) is 28.6 Å². The number of hydrogen-bond acceptors (Lipinski definition) is 6. The number of carbonyl (C=O) groups excluding carboxylic acids is 3. The highest BCUT2D eigenvalue weighted by atomic mass is 16.6. The Bertz CT molecular complexity index is 753. The summed E-state index contributed by atoms with van der Waals surface area (Å²) in [6.45, 7) is 6.60. The molecule has 0 radical (unpaired) electrons. The maximum atomic E-state index is 12.6. The van der Waals surface area contributed by atoms with Gasteiger partial charge in [-0.1, -0.05) is 213 Å². The van der Waals surface area contributed by atoms with Crippen LogP contribution in [0.15, 0.2) is 0 Å². The predicted molar refractivity (Wildman–Crippen MR) is 215 cm³/mol. The van der Waals surface area contributed by atoms with Gasteiger partial charge < -0.3 is 14.2 Å². The van der Waals surface area contributed by atoms with E-state index in [0.29, 0.717) is 19.3 Å². The Balaban J connectivity index is 4.21.